The van der Waals surface area contributed by atoms with Crippen molar-refractivity contribution in [3.05, 3.63) is 62.4 Å². The molecular weight excluding hydrogens is 390 g/mol. The first-order chi connectivity index (χ1) is 14.0. The van der Waals surface area contributed by atoms with Crippen LogP contribution < -0.4 is 24.3 Å². The van der Waals surface area contributed by atoms with Gasteiger partial charge in [0, 0.05) is 5.56 Å². The van der Waals surface area contributed by atoms with Crippen LogP contribution in [-0.4, -0.2) is 35.9 Å². The van der Waals surface area contributed by atoms with Crippen LogP contribution in [0.25, 0.3) is 22.4 Å². The number of aryl methyl sites for hydroxylation is 1. The van der Waals surface area contributed by atoms with E-state index in [4.69, 9.17) is 14.2 Å². The quantitative estimate of drug-likeness (QED) is 0.505. The van der Waals surface area contributed by atoms with Gasteiger partial charge in [-0.05, 0) is 36.8 Å². The molecule has 0 aliphatic heterocycles. The molecule has 0 atom stereocenters. The van der Waals surface area contributed by atoms with Crippen LogP contribution in [0.2, 0.25) is 0 Å². The monoisotopic (exact) mass is 409 g/mol. The van der Waals surface area contributed by atoms with Gasteiger partial charge in [0.2, 0.25) is 10.7 Å². The Morgan fingerprint density at radius 3 is 2.34 bits per heavy atom. The Morgan fingerprint density at radius 2 is 1.72 bits per heavy atom. The molecule has 0 aliphatic carbocycles. The van der Waals surface area contributed by atoms with Gasteiger partial charge < -0.3 is 14.2 Å². The number of fused-ring (bicyclic) bond motifs is 1. The molecule has 29 heavy (non-hydrogen) atoms. The number of hydrogen-bond donors (Lipinski definition) is 0. The second kappa shape index (κ2) is 7.56. The Balaban J connectivity index is 1.89. The molecule has 7 nitrogen and oxygen atoms in total. The van der Waals surface area contributed by atoms with E-state index in [1.807, 2.05) is 31.2 Å². The Hall–Kier alpha value is -3.39. The second-order valence-electron chi connectivity index (χ2n) is 6.39. The summed E-state index contributed by atoms with van der Waals surface area (Å²) in [5.74, 6) is 2.08. The lowest BCUT2D eigenvalue weighted by Gasteiger charge is -2.12. The maximum Gasteiger partial charge on any atom is 0.276 e. The zero-order chi connectivity index (χ0) is 20.5. The van der Waals surface area contributed by atoms with E-state index in [1.165, 1.54) is 11.3 Å². The summed E-state index contributed by atoms with van der Waals surface area (Å²) in [6.07, 6.45) is 1.78. The maximum absolute atomic E-state index is 13.1. The number of benzene rings is 2. The van der Waals surface area contributed by atoms with E-state index in [2.05, 4.69) is 10.2 Å². The Kier molecular flexibility index (Phi) is 4.94. The van der Waals surface area contributed by atoms with Crippen molar-refractivity contribution in [3.8, 4) is 28.6 Å². The van der Waals surface area contributed by atoms with Gasteiger partial charge in [0.15, 0.2) is 17.3 Å². The van der Waals surface area contributed by atoms with E-state index in [0.717, 1.165) is 16.7 Å². The van der Waals surface area contributed by atoms with Gasteiger partial charge in [-0.1, -0.05) is 35.1 Å². The fourth-order valence-electron chi connectivity index (χ4n) is 3.17. The van der Waals surface area contributed by atoms with Gasteiger partial charge in [-0.25, -0.2) is 4.40 Å². The van der Waals surface area contributed by atoms with Crippen molar-refractivity contribution in [3.63, 3.8) is 0 Å². The third-order valence-corrected chi connectivity index (χ3v) is 5.47. The molecule has 0 unspecified atom stereocenters. The molecule has 4 aromatic rings. The van der Waals surface area contributed by atoms with E-state index in [9.17, 15) is 4.79 Å². The molecule has 0 amide bonds. The number of nitrogens with zero attached hydrogens (tertiary/aromatic N) is 3. The standard InChI is InChI=1S/C21H19N3O4S/c1-12-6-5-7-14(8-12)19-22-23-21-24(19)20(25)17(29-21)11-13-9-15(26-2)18(28-4)16(10-13)27-3/h5-11H,1-4H3. The average Bonchev–Trinajstić information content (AvgIpc) is 3.27. The molecule has 0 N–H and O–H groups in total. The Morgan fingerprint density at radius 1 is 1.00 bits per heavy atom. The smallest absolute Gasteiger partial charge is 0.276 e. The summed E-state index contributed by atoms with van der Waals surface area (Å²) < 4.78 is 18.2. The lowest BCUT2D eigenvalue weighted by molar-refractivity contribution is 0.324. The number of thiazole rings is 1. The summed E-state index contributed by atoms with van der Waals surface area (Å²) >= 11 is 1.28. The van der Waals surface area contributed by atoms with Crippen molar-refractivity contribution < 1.29 is 14.2 Å². The van der Waals surface area contributed by atoms with Crippen LogP contribution in [0.15, 0.2) is 41.2 Å². The molecule has 2 aromatic carbocycles. The SMILES string of the molecule is COc1cc(C=c2sc3nnc(-c4cccc(C)c4)n3c2=O)cc(OC)c1OC. The molecule has 0 radical (unpaired) electrons. The van der Waals surface area contributed by atoms with E-state index in [1.54, 1.807) is 43.9 Å². The third kappa shape index (κ3) is 3.31. The molecular formula is C21H19N3O4S. The highest BCUT2D eigenvalue weighted by Crippen LogP contribution is 2.38. The van der Waals surface area contributed by atoms with Gasteiger partial charge in [0.05, 0.1) is 25.9 Å². The third-order valence-electron chi connectivity index (χ3n) is 4.51. The van der Waals surface area contributed by atoms with Crippen LogP contribution in [-0.2, 0) is 0 Å². The molecule has 8 heteroatoms. The molecule has 0 saturated carbocycles. The van der Waals surface area contributed by atoms with Gasteiger partial charge >= 0.3 is 0 Å². The molecule has 0 fully saturated rings. The van der Waals surface area contributed by atoms with Crippen LogP contribution in [0.1, 0.15) is 11.1 Å². The molecule has 0 aliphatic rings. The summed E-state index contributed by atoms with van der Waals surface area (Å²) in [7, 11) is 4.66. The van der Waals surface area contributed by atoms with Gasteiger partial charge in [0.1, 0.15) is 0 Å². The topological polar surface area (TPSA) is 75.0 Å². The van der Waals surface area contributed by atoms with Crippen molar-refractivity contribution in [2.45, 2.75) is 6.92 Å². The fraction of sp³-hybridized carbons (Fsp3) is 0.190. The molecule has 0 spiro atoms. The Labute approximate surface area is 170 Å². The summed E-state index contributed by atoms with van der Waals surface area (Å²) in [5, 5.41) is 8.39. The van der Waals surface area contributed by atoms with Gasteiger partial charge in [-0.3, -0.25) is 4.79 Å². The average molecular weight is 409 g/mol. The predicted octanol–water partition coefficient (Wildman–Crippen LogP) is 2.70. The molecule has 148 valence electrons. The molecule has 0 bridgehead atoms. The van der Waals surface area contributed by atoms with Crippen molar-refractivity contribution in [2.24, 2.45) is 0 Å². The van der Waals surface area contributed by atoms with Crippen molar-refractivity contribution >= 4 is 22.4 Å². The lowest BCUT2D eigenvalue weighted by atomic mass is 10.1. The number of rotatable bonds is 5. The highest BCUT2D eigenvalue weighted by Gasteiger charge is 2.16. The van der Waals surface area contributed by atoms with Crippen molar-refractivity contribution in [1.29, 1.82) is 0 Å². The van der Waals surface area contributed by atoms with Crippen LogP contribution in [0.4, 0.5) is 0 Å². The maximum atomic E-state index is 13.1. The fourth-order valence-corrected chi connectivity index (χ4v) is 4.08. The second-order valence-corrected chi connectivity index (χ2v) is 7.39. The summed E-state index contributed by atoms with van der Waals surface area (Å²) in [6, 6.07) is 11.4. The van der Waals surface area contributed by atoms with Crippen molar-refractivity contribution in [1.82, 2.24) is 14.6 Å². The lowest BCUT2D eigenvalue weighted by Crippen LogP contribution is -2.23. The van der Waals surface area contributed by atoms with E-state index < -0.39 is 0 Å². The van der Waals surface area contributed by atoms with Crippen molar-refractivity contribution in [2.75, 3.05) is 21.3 Å². The summed E-state index contributed by atoms with van der Waals surface area (Å²) in [6.45, 7) is 2.00. The zero-order valence-corrected chi connectivity index (χ0v) is 17.2. The first-order valence-corrected chi connectivity index (χ1v) is 9.64. The van der Waals surface area contributed by atoms with E-state index >= 15 is 0 Å². The number of hydrogen-bond acceptors (Lipinski definition) is 7. The summed E-state index contributed by atoms with van der Waals surface area (Å²) in [4.78, 5) is 13.6. The Bertz CT molecular complexity index is 1280. The number of aromatic nitrogens is 3. The van der Waals surface area contributed by atoms with Gasteiger partial charge in [-0.2, -0.15) is 0 Å². The highest BCUT2D eigenvalue weighted by atomic mass is 32.1. The largest absolute Gasteiger partial charge is 0.493 e. The molecule has 2 heterocycles. The summed E-state index contributed by atoms with van der Waals surface area (Å²) in [5.41, 5.74) is 2.53. The van der Waals surface area contributed by atoms with E-state index in [0.29, 0.717) is 32.6 Å². The number of methoxy groups -OCH3 is 3. The first-order valence-electron chi connectivity index (χ1n) is 8.82. The molecule has 4 rings (SSSR count). The molecule has 0 saturated heterocycles. The highest BCUT2D eigenvalue weighted by molar-refractivity contribution is 7.15. The molecule has 2 aromatic heterocycles. The van der Waals surface area contributed by atoms with Crippen LogP contribution in [0.3, 0.4) is 0 Å². The minimum atomic E-state index is -0.166. The minimum absolute atomic E-state index is 0.166. The predicted molar refractivity (Wildman–Crippen MR) is 112 cm³/mol. The van der Waals surface area contributed by atoms with Crippen LogP contribution >= 0.6 is 11.3 Å². The van der Waals surface area contributed by atoms with E-state index in [-0.39, 0.29) is 5.56 Å². The van der Waals surface area contributed by atoms with Crippen LogP contribution in [0, 0.1) is 6.92 Å². The van der Waals surface area contributed by atoms with Gasteiger partial charge in [-0.15, -0.1) is 10.2 Å². The number of ether oxygens (including phenoxy) is 3. The zero-order valence-electron chi connectivity index (χ0n) is 16.4. The van der Waals surface area contributed by atoms with Gasteiger partial charge in [0.25, 0.3) is 5.56 Å². The minimum Gasteiger partial charge on any atom is -0.493 e. The van der Waals surface area contributed by atoms with Crippen LogP contribution in [0.5, 0.6) is 17.2 Å². The first kappa shape index (κ1) is 18.9. The normalized spacial score (nSPS) is 11.8.